The maximum Gasteiger partial charge on any atom is 0.306 e. The van der Waals surface area contributed by atoms with Crippen molar-refractivity contribution in [2.24, 2.45) is 0 Å². The third kappa shape index (κ3) is 3.63. The Morgan fingerprint density at radius 1 is 1.33 bits per heavy atom. The van der Waals surface area contributed by atoms with Crippen molar-refractivity contribution < 1.29 is 14.1 Å². The lowest BCUT2D eigenvalue weighted by Crippen LogP contribution is -2.14. The number of hydrogen-bond donors (Lipinski definition) is 1. The second kappa shape index (κ2) is 6.85. The number of nitrogens with one attached hydrogen (secondary N) is 1. The van der Waals surface area contributed by atoms with E-state index in [0.717, 1.165) is 22.7 Å². The Morgan fingerprint density at radius 2 is 2.17 bits per heavy atom. The zero-order valence-corrected chi connectivity index (χ0v) is 13.7. The van der Waals surface area contributed by atoms with Gasteiger partial charge in [0.2, 0.25) is 11.7 Å². The number of hydrogen-bond acceptors (Lipinski definition) is 6. The number of rotatable bonds is 5. The fourth-order valence-corrected chi connectivity index (χ4v) is 3.54. The normalized spacial score (nSPS) is 10.5. The molecule has 24 heavy (non-hydrogen) atoms. The minimum Gasteiger partial charge on any atom is -0.325 e. The van der Waals surface area contributed by atoms with Crippen LogP contribution in [0.1, 0.15) is 5.69 Å². The average Bonchev–Trinajstić information content (AvgIpc) is 3.19. The number of carbonyl (C=O) groups excluding carboxylic acids is 1. The van der Waals surface area contributed by atoms with Gasteiger partial charge in [-0.2, -0.15) is 15.7 Å². The molecule has 0 spiro atoms. The quantitative estimate of drug-likeness (QED) is 0.546. The number of amides is 1. The van der Waals surface area contributed by atoms with Crippen molar-refractivity contribution in [1.82, 2.24) is 4.98 Å². The molecule has 0 bridgehead atoms. The highest BCUT2D eigenvalue weighted by molar-refractivity contribution is 7.14. The average molecular weight is 363 g/mol. The molecule has 1 aromatic carbocycles. The molecule has 1 N–H and O–H groups in total. The van der Waals surface area contributed by atoms with E-state index in [1.54, 1.807) is 16.7 Å². The van der Waals surface area contributed by atoms with Crippen LogP contribution < -0.4 is 5.32 Å². The predicted octanol–water partition coefficient (Wildman–Crippen LogP) is 4.10. The summed E-state index contributed by atoms with van der Waals surface area (Å²) < 4.78 is 13.3. The summed E-state index contributed by atoms with van der Waals surface area (Å²) in [6.45, 7) is 0. The van der Waals surface area contributed by atoms with E-state index in [1.807, 2.05) is 16.8 Å². The molecular weight excluding hydrogens is 353 g/mol. The number of halogens is 1. The van der Waals surface area contributed by atoms with Crippen molar-refractivity contribution >= 4 is 40.0 Å². The van der Waals surface area contributed by atoms with Crippen molar-refractivity contribution in [3.05, 3.63) is 62.0 Å². The van der Waals surface area contributed by atoms with Crippen LogP contribution in [0, 0.1) is 15.9 Å². The molecule has 9 heteroatoms. The van der Waals surface area contributed by atoms with Gasteiger partial charge in [-0.3, -0.25) is 14.9 Å². The highest BCUT2D eigenvalue weighted by Gasteiger charge is 2.16. The minimum atomic E-state index is -0.946. The first-order chi connectivity index (χ1) is 11.5. The van der Waals surface area contributed by atoms with Gasteiger partial charge in [0, 0.05) is 28.1 Å². The van der Waals surface area contributed by atoms with Gasteiger partial charge >= 0.3 is 5.69 Å². The molecular formula is C15H10FN3O3S2. The van der Waals surface area contributed by atoms with Crippen LogP contribution in [-0.2, 0) is 11.2 Å². The van der Waals surface area contributed by atoms with E-state index < -0.39 is 16.4 Å². The van der Waals surface area contributed by atoms with Gasteiger partial charge < -0.3 is 5.32 Å². The molecule has 3 rings (SSSR count). The van der Waals surface area contributed by atoms with Gasteiger partial charge in [0.1, 0.15) is 5.01 Å². The summed E-state index contributed by atoms with van der Waals surface area (Å²) in [4.78, 5) is 26.3. The molecule has 0 aliphatic rings. The molecule has 0 aliphatic heterocycles. The van der Waals surface area contributed by atoms with E-state index in [-0.39, 0.29) is 18.0 Å². The van der Waals surface area contributed by atoms with E-state index in [0.29, 0.717) is 5.69 Å². The van der Waals surface area contributed by atoms with Crippen LogP contribution >= 0.6 is 22.7 Å². The highest BCUT2D eigenvalue weighted by atomic mass is 32.1. The minimum absolute atomic E-state index is 0.0335. The first-order valence-electron chi connectivity index (χ1n) is 6.73. The van der Waals surface area contributed by atoms with Crippen molar-refractivity contribution in [3.63, 3.8) is 0 Å². The molecule has 3 aromatic rings. The zero-order valence-electron chi connectivity index (χ0n) is 12.1. The fraction of sp³-hybridized carbons (Fsp3) is 0.0667. The SMILES string of the molecule is O=C(Cc1csc(-c2ccsc2)n1)Nc1ccc(F)c([N+](=O)[O-])c1. The van der Waals surface area contributed by atoms with E-state index in [2.05, 4.69) is 10.3 Å². The molecule has 6 nitrogen and oxygen atoms in total. The van der Waals surface area contributed by atoms with E-state index in [1.165, 1.54) is 17.4 Å². The number of nitrogens with zero attached hydrogens (tertiary/aromatic N) is 2. The largest absolute Gasteiger partial charge is 0.325 e. The number of carbonyl (C=O) groups is 1. The Hall–Kier alpha value is -2.65. The summed E-state index contributed by atoms with van der Waals surface area (Å²) in [5.41, 5.74) is 1.10. The standard InChI is InChI=1S/C15H10FN3O3S2/c16-12-2-1-10(5-13(12)19(21)22)17-14(20)6-11-8-24-15(18-11)9-3-4-23-7-9/h1-5,7-8H,6H2,(H,17,20). The van der Waals surface area contributed by atoms with Gasteiger partial charge in [-0.15, -0.1) is 11.3 Å². The van der Waals surface area contributed by atoms with Gasteiger partial charge in [-0.05, 0) is 23.6 Å². The Morgan fingerprint density at radius 3 is 2.88 bits per heavy atom. The monoisotopic (exact) mass is 363 g/mol. The Kier molecular flexibility index (Phi) is 4.63. The molecule has 0 fully saturated rings. The summed E-state index contributed by atoms with van der Waals surface area (Å²) in [7, 11) is 0. The molecule has 0 saturated heterocycles. The molecule has 0 unspecified atom stereocenters. The number of thiazole rings is 1. The van der Waals surface area contributed by atoms with Gasteiger partial charge in [0.15, 0.2) is 0 Å². The number of anilines is 1. The van der Waals surface area contributed by atoms with Crippen molar-refractivity contribution in [1.29, 1.82) is 0 Å². The van der Waals surface area contributed by atoms with Crippen LogP contribution in [0.5, 0.6) is 0 Å². The smallest absolute Gasteiger partial charge is 0.306 e. The van der Waals surface area contributed by atoms with Crippen molar-refractivity contribution in [3.8, 4) is 10.6 Å². The molecule has 0 radical (unpaired) electrons. The number of nitro groups is 1. The second-order valence-corrected chi connectivity index (χ2v) is 6.44. The Labute approximate surface area is 143 Å². The predicted molar refractivity (Wildman–Crippen MR) is 90.8 cm³/mol. The van der Waals surface area contributed by atoms with Crippen LogP contribution in [0.15, 0.2) is 40.4 Å². The summed E-state index contributed by atoms with van der Waals surface area (Å²) in [5.74, 6) is -1.32. The van der Waals surface area contributed by atoms with Crippen LogP contribution in [0.3, 0.4) is 0 Å². The topological polar surface area (TPSA) is 85.1 Å². The lowest BCUT2D eigenvalue weighted by molar-refractivity contribution is -0.387. The Bertz CT molecular complexity index is 893. The third-order valence-corrected chi connectivity index (χ3v) is 4.71. The van der Waals surface area contributed by atoms with Crippen LogP contribution in [0.25, 0.3) is 10.6 Å². The van der Waals surface area contributed by atoms with Crippen LogP contribution in [0.2, 0.25) is 0 Å². The summed E-state index contributed by atoms with van der Waals surface area (Å²) in [6, 6.07) is 5.17. The fourth-order valence-electron chi connectivity index (χ4n) is 2.01. The molecule has 1 amide bonds. The molecule has 0 atom stereocenters. The second-order valence-electron chi connectivity index (χ2n) is 4.80. The maximum absolute atomic E-state index is 13.3. The maximum atomic E-state index is 13.3. The molecule has 2 aromatic heterocycles. The Balaban J connectivity index is 1.68. The first-order valence-corrected chi connectivity index (χ1v) is 8.56. The zero-order chi connectivity index (χ0) is 17.1. The van der Waals surface area contributed by atoms with Crippen LogP contribution in [0.4, 0.5) is 15.8 Å². The van der Waals surface area contributed by atoms with E-state index in [4.69, 9.17) is 0 Å². The highest BCUT2D eigenvalue weighted by Crippen LogP contribution is 2.26. The van der Waals surface area contributed by atoms with E-state index in [9.17, 15) is 19.3 Å². The number of nitro benzene ring substituents is 1. The number of benzene rings is 1. The van der Waals surface area contributed by atoms with Gasteiger partial charge in [-0.25, -0.2) is 4.98 Å². The van der Waals surface area contributed by atoms with Crippen molar-refractivity contribution in [2.45, 2.75) is 6.42 Å². The summed E-state index contributed by atoms with van der Waals surface area (Å²) in [5, 5.41) is 19.8. The van der Waals surface area contributed by atoms with E-state index >= 15 is 0 Å². The first kappa shape index (κ1) is 16.2. The van der Waals surface area contributed by atoms with Gasteiger partial charge in [0.25, 0.3) is 0 Å². The number of thiophene rings is 1. The summed E-state index contributed by atoms with van der Waals surface area (Å²) in [6.07, 6.45) is 0.0335. The summed E-state index contributed by atoms with van der Waals surface area (Å²) >= 11 is 3.01. The molecule has 2 heterocycles. The van der Waals surface area contributed by atoms with Crippen LogP contribution in [-0.4, -0.2) is 15.8 Å². The van der Waals surface area contributed by atoms with Crippen molar-refractivity contribution in [2.75, 3.05) is 5.32 Å². The lowest BCUT2D eigenvalue weighted by Gasteiger charge is -2.04. The molecule has 122 valence electrons. The lowest BCUT2D eigenvalue weighted by atomic mass is 10.2. The van der Waals surface area contributed by atoms with Gasteiger partial charge in [0.05, 0.1) is 17.0 Å². The molecule has 0 saturated carbocycles. The third-order valence-electron chi connectivity index (χ3n) is 3.09. The molecule has 0 aliphatic carbocycles. The van der Waals surface area contributed by atoms with Gasteiger partial charge in [-0.1, -0.05) is 0 Å². The number of aromatic nitrogens is 1.